The van der Waals surface area contributed by atoms with E-state index < -0.39 is 61.6 Å². The maximum atomic E-state index is 7.00. The maximum Gasteiger partial charge on any atom is 0.485 e. The summed E-state index contributed by atoms with van der Waals surface area (Å²) in [6.45, 7) is 16.9. The molecule has 0 atom stereocenters. The van der Waals surface area contributed by atoms with Crippen molar-refractivity contribution in [3.8, 4) is 0 Å². The van der Waals surface area contributed by atoms with Gasteiger partial charge in [0.1, 0.15) is 0 Å². The lowest BCUT2D eigenvalue weighted by Crippen LogP contribution is -2.86. The first-order valence-corrected chi connectivity index (χ1v) is 27.2. The van der Waals surface area contributed by atoms with Crippen molar-refractivity contribution >= 4 is 61.6 Å². The zero-order valence-electron chi connectivity index (χ0n) is 23.1. The molecule has 0 aromatic carbocycles. The van der Waals surface area contributed by atoms with Crippen molar-refractivity contribution in [2.45, 2.75) is 111 Å². The molecule has 0 spiro atoms. The van der Waals surface area contributed by atoms with Crippen LogP contribution >= 0.6 is 0 Å². The van der Waals surface area contributed by atoms with Crippen LogP contribution in [-0.2, 0) is 45.6 Å². The van der Waals surface area contributed by atoms with Crippen LogP contribution in [0.3, 0.4) is 0 Å². The number of hydrogen-bond acceptors (Lipinski definition) is 11. The smallest absolute Gasteiger partial charge is 0.374 e. The Morgan fingerprint density at radius 2 is 0.667 bits per heavy atom. The van der Waals surface area contributed by atoms with Crippen molar-refractivity contribution < 1.29 is 45.6 Å². The van der Waals surface area contributed by atoms with Crippen molar-refractivity contribution in [2.75, 3.05) is 6.61 Å². The Labute approximate surface area is 223 Å². The van der Waals surface area contributed by atoms with Gasteiger partial charge in [0.15, 0.2) is 0 Å². The highest BCUT2D eigenvalue weighted by Crippen LogP contribution is 2.51. The van der Waals surface area contributed by atoms with Gasteiger partial charge in [-0.3, -0.25) is 0 Å². The van der Waals surface area contributed by atoms with Gasteiger partial charge in [-0.2, -0.15) is 0 Å². The minimum Gasteiger partial charge on any atom is -0.374 e. The SMILES string of the molecule is CCCCO[Si]1(CC)O[Si]2(CC)O[Si]3(CC)O[Si](CC)(O2)O[Si]2(CC)O[Si](CC)(O1)O[Si](CC)(O2)O3. The molecule has 0 radical (unpaired) electrons. The van der Waals surface area contributed by atoms with Crippen LogP contribution in [0.15, 0.2) is 0 Å². The van der Waals surface area contributed by atoms with Gasteiger partial charge in [0.05, 0.1) is 0 Å². The maximum absolute atomic E-state index is 7.00. The molecule has 0 aromatic rings. The Balaban J connectivity index is 1.99. The largest absolute Gasteiger partial charge is 0.485 e. The summed E-state index contributed by atoms with van der Waals surface area (Å²) < 4.78 is 75.5. The summed E-state index contributed by atoms with van der Waals surface area (Å²) >= 11 is 0. The van der Waals surface area contributed by atoms with Gasteiger partial charge < -0.3 is 45.6 Å². The molecule has 11 nitrogen and oxygen atoms in total. The molecule has 0 saturated carbocycles. The topological polar surface area (TPSA) is 102 Å². The van der Waals surface area contributed by atoms with Crippen LogP contribution in [0.2, 0.25) is 42.3 Å². The molecule has 0 N–H and O–H groups in total. The summed E-state index contributed by atoms with van der Waals surface area (Å²) in [5, 5.41) is 0. The summed E-state index contributed by atoms with van der Waals surface area (Å²) in [5.74, 6) is 0. The van der Waals surface area contributed by atoms with Gasteiger partial charge in [-0.15, -0.1) is 0 Å². The van der Waals surface area contributed by atoms with Crippen LogP contribution < -0.4 is 0 Å². The minimum atomic E-state index is -3.41. The van der Waals surface area contributed by atoms with E-state index in [-0.39, 0.29) is 0 Å². The normalized spacial score (nSPS) is 48.3. The first kappa shape index (κ1) is 30.0. The van der Waals surface area contributed by atoms with E-state index in [1.807, 2.05) is 48.5 Å². The zero-order valence-corrected chi connectivity index (χ0v) is 30.1. The lowest BCUT2D eigenvalue weighted by atomic mass is 10.4. The standard InChI is InChI=1S/C18H44O11Si7/c1-9-17-18-19-30(10-2)20-31(11-3)22-33(13-5)26-34(14-6,23-31)29-36(16-8)25-32(12-4,21-30)24-35(15-7,27-36)28-33/h9-18H2,1-8H3. The predicted octanol–water partition coefficient (Wildman–Crippen LogP) is 4.74. The molecule has 5 aliphatic rings. The molecule has 210 valence electrons. The highest BCUT2D eigenvalue weighted by Gasteiger charge is 2.79. The van der Waals surface area contributed by atoms with Crippen LogP contribution in [-0.4, -0.2) is 68.2 Å². The number of rotatable bonds is 11. The van der Waals surface area contributed by atoms with E-state index in [9.17, 15) is 0 Å². The molecule has 18 heteroatoms. The second-order valence-corrected chi connectivity index (χ2v) is 32.4. The third kappa shape index (κ3) is 5.25. The molecular weight excluding hydrogens is 589 g/mol. The number of unbranched alkanes of at least 4 members (excludes halogenated alkanes) is 1. The van der Waals surface area contributed by atoms with Gasteiger partial charge >= 0.3 is 61.6 Å². The molecule has 0 aromatic heterocycles. The number of fused-ring (bicyclic) bond motifs is 2. The third-order valence-corrected chi connectivity index (χ3v) is 38.5. The predicted molar refractivity (Wildman–Crippen MR) is 145 cm³/mol. The zero-order chi connectivity index (χ0) is 26.3. The van der Waals surface area contributed by atoms with E-state index >= 15 is 0 Å². The van der Waals surface area contributed by atoms with Crippen LogP contribution in [0.1, 0.15) is 68.2 Å². The van der Waals surface area contributed by atoms with Gasteiger partial charge in [0.2, 0.25) is 0 Å². The van der Waals surface area contributed by atoms with Gasteiger partial charge in [-0.25, -0.2) is 0 Å². The van der Waals surface area contributed by atoms with E-state index in [1.165, 1.54) is 0 Å². The summed E-state index contributed by atoms with van der Waals surface area (Å²) in [5.41, 5.74) is 0. The molecule has 0 amide bonds. The van der Waals surface area contributed by atoms with Gasteiger partial charge in [-0.1, -0.05) is 61.8 Å². The van der Waals surface area contributed by atoms with Crippen molar-refractivity contribution in [1.82, 2.24) is 0 Å². The molecule has 36 heavy (non-hydrogen) atoms. The van der Waals surface area contributed by atoms with Crippen LogP contribution in [0.5, 0.6) is 0 Å². The van der Waals surface area contributed by atoms with Crippen LogP contribution in [0.4, 0.5) is 0 Å². The quantitative estimate of drug-likeness (QED) is 0.233. The van der Waals surface area contributed by atoms with Crippen LogP contribution in [0, 0.1) is 0 Å². The molecule has 0 unspecified atom stereocenters. The summed E-state index contributed by atoms with van der Waals surface area (Å²) in [6.07, 6.45) is 1.90. The fourth-order valence-electron chi connectivity index (χ4n) is 4.74. The van der Waals surface area contributed by atoms with Crippen LogP contribution in [0.25, 0.3) is 0 Å². The van der Waals surface area contributed by atoms with Crippen molar-refractivity contribution in [3.05, 3.63) is 0 Å². The molecular formula is C18H44O11Si7. The monoisotopic (exact) mass is 632 g/mol. The van der Waals surface area contributed by atoms with E-state index in [2.05, 4.69) is 6.92 Å². The summed E-state index contributed by atoms with van der Waals surface area (Å²) in [7, 11) is -23.7. The molecule has 5 heterocycles. The Kier molecular flexibility index (Phi) is 9.02. The summed E-state index contributed by atoms with van der Waals surface area (Å²) in [4.78, 5) is 0. The molecule has 5 fully saturated rings. The Hall–Kier alpha value is 1.08. The van der Waals surface area contributed by atoms with E-state index in [1.54, 1.807) is 0 Å². The second-order valence-electron chi connectivity index (χ2n) is 9.48. The van der Waals surface area contributed by atoms with Gasteiger partial charge in [0, 0.05) is 48.9 Å². The molecule has 6 bridgehead atoms. The highest BCUT2D eigenvalue weighted by atomic mass is 28.6. The van der Waals surface area contributed by atoms with Gasteiger partial charge in [0.25, 0.3) is 0 Å². The van der Waals surface area contributed by atoms with E-state index in [4.69, 9.17) is 45.6 Å². The van der Waals surface area contributed by atoms with E-state index in [0.717, 1.165) is 12.8 Å². The average Bonchev–Trinajstić information content (AvgIpc) is 2.87. The highest BCUT2D eigenvalue weighted by molar-refractivity contribution is 7.01. The second kappa shape index (κ2) is 10.8. The molecule has 0 aliphatic carbocycles. The minimum absolute atomic E-state index is 0.526. The lowest BCUT2D eigenvalue weighted by molar-refractivity contribution is -0.0226. The van der Waals surface area contributed by atoms with Crippen molar-refractivity contribution in [3.63, 3.8) is 0 Å². The molecule has 5 saturated heterocycles. The Morgan fingerprint density at radius 3 is 0.889 bits per heavy atom. The molecule has 5 rings (SSSR count). The number of hydrogen-bond donors (Lipinski definition) is 0. The lowest BCUT2D eigenvalue weighted by Gasteiger charge is -2.61. The first-order chi connectivity index (χ1) is 17.1. The average molecular weight is 633 g/mol. The van der Waals surface area contributed by atoms with Crippen molar-refractivity contribution in [2.24, 2.45) is 0 Å². The third-order valence-electron chi connectivity index (χ3n) is 6.96. The Morgan fingerprint density at radius 1 is 0.389 bits per heavy atom. The first-order valence-electron chi connectivity index (χ1n) is 13.7. The fourth-order valence-corrected chi connectivity index (χ4v) is 46.7. The van der Waals surface area contributed by atoms with E-state index in [0.29, 0.717) is 48.9 Å². The summed E-state index contributed by atoms with van der Waals surface area (Å²) in [6, 6.07) is 3.76. The fraction of sp³-hybridized carbons (Fsp3) is 1.00. The van der Waals surface area contributed by atoms with Gasteiger partial charge in [-0.05, 0) is 6.42 Å². The van der Waals surface area contributed by atoms with Crippen molar-refractivity contribution in [1.29, 1.82) is 0 Å². The Bertz CT molecular complexity index is 710. The molecule has 5 aliphatic heterocycles.